The first kappa shape index (κ1) is 11.5. The number of ether oxygens (including phenoxy) is 1. The van der Waals surface area contributed by atoms with Crippen LogP contribution in [-0.2, 0) is 17.8 Å². The second-order valence-corrected chi connectivity index (χ2v) is 4.11. The Morgan fingerprint density at radius 3 is 3.25 bits per heavy atom. The number of rotatable bonds is 5. The van der Waals surface area contributed by atoms with Gasteiger partial charge in [-0.25, -0.2) is 9.67 Å². The third-order valence-corrected chi connectivity index (χ3v) is 2.92. The van der Waals surface area contributed by atoms with Gasteiger partial charge in [-0.3, -0.25) is 0 Å². The summed E-state index contributed by atoms with van der Waals surface area (Å²) in [7, 11) is 0. The van der Waals surface area contributed by atoms with Gasteiger partial charge in [-0.15, -0.1) is 0 Å². The van der Waals surface area contributed by atoms with Crippen molar-refractivity contribution in [1.82, 2.24) is 20.1 Å². The van der Waals surface area contributed by atoms with E-state index in [1.807, 2.05) is 4.68 Å². The zero-order valence-corrected chi connectivity index (χ0v) is 9.85. The van der Waals surface area contributed by atoms with E-state index in [1.54, 1.807) is 6.33 Å². The van der Waals surface area contributed by atoms with Gasteiger partial charge >= 0.3 is 0 Å². The summed E-state index contributed by atoms with van der Waals surface area (Å²) in [6.45, 7) is 5.54. The molecule has 1 aromatic rings. The molecule has 2 rings (SSSR count). The molecule has 0 spiro atoms. The maximum atomic E-state index is 5.65. The van der Waals surface area contributed by atoms with Crippen LogP contribution >= 0.6 is 0 Å². The highest BCUT2D eigenvalue weighted by atomic mass is 16.5. The molecule has 1 fully saturated rings. The molecule has 0 amide bonds. The summed E-state index contributed by atoms with van der Waals surface area (Å²) in [5.74, 6) is 0.998. The maximum Gasteiger partial charge on any atom is 0.140 e. The molecule has 2 heterocycles. The van der Waals surface area contributed by atoms with E-state index in [4.69, 9.17) is 4.74 Å². The van der Waals surface area contributed by atoms with Crippen LogP contribution in [0.4, 0.5) is 0 Å². The quantitative estimate of drug-likeness (QED) is 0.809. The van der Waals surface area contributed by atoms with Crippen molar-refractivity contribution in [2.45, 2.75) is 45.4 Å². The van der Waals surface area contributed by atoms with Gasteiger partial charge in [0.1, 0.15) is 12.2 Å². The van der Waals surface area contributed by atoms with Gasteiger partial charge in [0.15, 0.2) is 0 Å². The topological polar surface area (TPSA) is 52.0 Å². The summed E-state index contributed by atoms with van der Waals surface area (Å²) < 4.78 is 7.56. The summed E-state index contributed by atoms with van der Waals surface area (Å²) in [6, 6.07) is 0. The average Bonchev–Trinajstić information content (AvgIpc) is 2.78. The van der Waals surface area contributed by atoms with Crippen LogP contribution in [0.2, 0.25) is 0 Å². The van der Waals surface area contributed by atoms with Crippen molar-refractivity contribution in [3.8, 4) is 0 Å². The van der Waals surface area contributed by atoms with E-state index in [2.05, 4.69) is 22.3 Å². The molecule has 1 unspecified atom stereocenters. The van der Waals surface area contributed by atoms with Gasteiger partial charge in [0.2, 0.25) is 0 Å². The van der Waals surface area contributed by atoms with Gasteiger partial charge in [-0.2, -0.15) is 5.10 Å². The molecule has 1 atom stereocenters. The van der Waals surface area contributed by atoms with Gasteiger partial charge in [0.25, 0.3) is 0 Å². The molecule has 16 heavy (non-hydrogen) atoms. The molecular weight excluding hydrogens is 204 g/mol. The summed E-state index contributed by atoms with van der Waals surface area (Å²) in [6.07, 6.45) is 5.66. The highest BCUT2D eigenvalue weighted by Gasteiger charge is 2.13. The van der Waals surface area contributed by atoms with Crippen molar-refractivity contribution in [2.75, 3.05) is 13.2 Å². The maximum absolute atomic E-state index is 5.65. The van der Waals surface area contributed by atoms with E-state index in [0.717, 1.165) is 32.1 Å². The van der Waals surface area contributed by atoms with E-state index in [0.29, 0.717) is 6.10 Å². The Hall–Kier alpha value is -0.940. The number of nitrogens with zero attached hydrogens (tertiary/aromatic N) is 3. The van der Waals surface area contributed by atoms with Crippen LogP contribution < -0.4 is 5.32 Å². The smallest absolute Gasteiger partial charge is 0.140 e. The van der Waals surface area contributed by atoms with Crippen molar-refractivity contribution in [3.05, 3.63) is 12.2 Å². The fraction of sp³-hybridized carbons (Fsp3) is 0.818. The molecule has 90 valence electrons. The molecule has 5 nitrogen and oxygen atoms in total. The lowest BCUT2D eigenvalue weighted by Crippen LogP contribution is -2.32. The third kappa shape index (κ3) is 3.02. The van der Waals surface area contributed by atoms with Gasteiger partial charge in [0.05, 0.1) is 12.6 Å². The highest BCUT2D eigenvalue weighted by Crippen LogP contribution is 2.11. The number of nitrogens with one attached hydrogen (secondary N) is 1. The van der Waals surface area contributed by atoms with Gasteiger partial charge in [0, 0.05) is 19.7 Å². The lowest BCUT2D eigenvalue weighted by Gasteiger charge is -2.22. The first-order chi connectivity index (χ1) is 7.90. The average molecular weight is 224 g/mol. The van der Waals surface area contributed by atoms with Crippen LogP contribution in [-0.4, -0.2) is 34.0 Å². The van der Waals surface area contributed by atoms with Crippen molar-refractivity contribution in [2.24, 2.45) is 0 Å². The molecule has 1 N–H and O–H groups in total. The SMILES string of the molecule is CCn1ncnc1CNCC1CCCCO1. The van der Waals surface area contributed by atoms with E-state index in [1.165, 1.54) is 19.3 Å². The predicted molar refractivity (Wildman–Crippen MR) is 61.0 cm³/mol. The first-order valence-electron chi connectivity index (χ1n) is 6.09. The van der Waals surface area contributed by atoms with E-state index < -0.39 is 0 Å². The Kier molecular flexibility index (Phi) is 4.30. The number of hydrogen-bond acceptors (Lipinski definition) is 4. The largest absolute Gasteiger partial charge is 0.377 e. The Morgan fingerprint density at radius 1 is 1.56 bits per heavy atom. The van der Waals surface area contributed by atoms with Crippen LogP contribution in [0.15, 0.2) is 6.33 Å². The summed E-state index contributed by atoms with van der Waals surface area (Å²) in [4.78, 5) is 4.22. The molecule has 1 aliphatic rings. The standard InChI is InChI=1S/C11H20N4O/c1-2-15-11(13-9-14-15)8-12-7-10-5-3-4-6-16-10/h9-10,12H,2-8H2,1H3. The van der Waals surface area contributed by atoms with Crippen LogP contribution in [0, 0.1) is 0 Å². The van der Waals surface area contributed by atoms with Gasteiger partial charge in [-0.05, 0) is 26.2 Å². The molecule has 1 aromatic heterocycles. The van der Waals surface area contributed by atoms with Crippen molar-refractivity contribution in [3.63, 3.8) is 0 Å². The molecule has 0 radical (unpaired) electrons. The second kappa shape index (κ2) is 5.96. The molecule has 0 aromatic carbocycles. The second-order valence-electron chi connectivity index (χ2n) is 4.11. The van der Waals surface area contributed by atoms with Crippen LogP contribution in [0.1, 0.15) is 32.0 Å². The molecular formula is C11H20N4O. The lowest BCUT2D eigenvalue weighted by atomic mass is 10.1. The van der Waals surface area contributed by atoms with Crippen LogP contribution in [0.3, 0.4) is 0 Å². The molecule has 0 aliphatic carbocycles. The zero-order chi connectivity index (χ0) is 11.2. The first-order valence-corrected chi connectivity index (χ1v) is 6.09. The number of hydrogen-bond donors (Lipinski definition) is 1. The normalized spacial score (nSPS) is 21.2. The minimum atomic E-state index is 0.381. The monoisotopic (exact) mass is 224 g/mol. The predicted octanol–water partition coefficient (Wildman–Crippen LogP) is 0.957. The van der Waals surface area contributed by atoms with Crippen molar-refractivity contribution < 1.29 is 4.74 Å². The van der Waals surface area contributed by atoms with Crippen molar-refractivity contribution >= 4 is 0 Å². The van der Waals surface area contributed by atoms with Gasteiger partial charge in [-0.1, -0.05) is 0 Å². The zero-order valence-electron chi connectivity index (χ0n) is 9.85. The van der Waals surface area contributed by atoms with Gasteiger partial charge < -0.3 is 10.1 Å². The fourth-order valence-corrected chi connectivity index (χ4v) is 2.00. The lowest BCUT2D eigenvalue weighted by molar-refractivity contribution is 0.0166. The summed E-state index contributed by atoms with van der Waals surface area (Å²) in [5, 5.41) is 7.52. The van der Waals surface area contributed by atoms with Crippen LogP contribution in [0.25, 0.3) is 0 Å². The molecule has 0 bridgehead atoms. The highest BCUT2D eigenvalue weighted by molar-refractivity contribution is 4.83. The summed E-state index contributed by atoms with van der Waals surface area (Å²) in [5.41, 5.74) is 0. The molecule has 1 aliphatic heterocycles. The van der Waals surface area contributed by atoms with E-state index in [-0.39, 0.29) is 0 Å². The summed E-state index contributed by atoms with van der Waals surface area (Å²) >= 11 is 0. The van der Waals surface area contributed by atoms with E-state index in [9.17, 15) is 0 Å². The molecule has 1 saturated heterocycles. The molecule has 0 saturated carbocycles. The van der Waals surface area contributed by atoms with E-state index >= 15 is 0 Å². The Labute approximate surface area is 96.2 Å². The number of aryl methyl sites for hydroxylation is 1. The van der Waals surface area contributed by atoms with Crippen molar-refractivity contribution in [1.29, 1.82) is 0 Å². The number of aromatic nitrogens is 3. The molecule has 5 heteroatoms. The fourth-order valence-electron chi connectivity index (χ4n) is 2.00. The Bertz CT molecular complexity index is 307. The van der Waals surface area contributed by atoms with Crippen LogP contribution in [0.5, 0.6) is 0 Å². The Morgan fingerprint density at radius 2 is 2.50 bits per heavy atom. The Balaban J connectivity index is 1.71. The third-order valence-electron chi connectivity index (χ3n) is 2.92. The minimum absolute atomic E-state index is 0.381. The minimum Gasteiger partial charge on any atom is -0.377 e.